The van der Waals surface area contributed by atoms with E-state index in [1.165, 1.54) is 0 Å². The van der Waals surface area contributed by atoms with Gasteiger partial charge in [-0.05, 0) is 28.2 Å². The molecule has 0 aromatic carbocycles. The quantitative estimate of drug-likeness (QED) is 0.428. The molecule has 0 atom stereocenters. The average Bonchev–Trinajstić information content (AvgIpc) is 1.97. The second-order valence-electron chi connectivity index (χ2n) is 7.11. The van der Waals surface area contributed by atoms with Crippen LogP contribution >= 0.6 is 19.8 Å². The van der Waals surface area contributed by atoms with Gasteiger partial charge in [0.15, 0.2) is 0 Å². The third-order valence-electron chi connectivity index (χ3n) is 3.02. The molecule has 6 heteroatoms. The first kappa shape index (κ1) is 18.1. The first-order chi connectivity index (χ1) is 7.26. The molecule has 0 unspecified atom stereocenters. The Balaban J connectivity index is 5.78. The molecular formula is C11H30ClN2PSi2. The molecule has 17 heavy (non-hydrogen) atoms. The van der Waals surface area contributed by atoms with E-state index in [9.17, 15) is 0 Å². The first-order valence-electron chi connectivity index (χ1n) is 6.10. The summed E-state index contributed by atoms with van der Waals surface area (Å²) in [5.41, 5.74) is 0. The van der Waals surface area contributed by atoms with Crippen molar-refractivity contribution in [2.75, 3.05) is 28.2 Å². The highest BCUT2D eigenvalue weighted by atomic mass is 35.5. The molecule has 0 saturated heterocycles. The maximum absolute atomic E-state index is 7.32. The Hall–Kier alpha value is 1.07. The van der Waals surface area contributed by atoms with Crippen molar-refractivity contribution in [1.82, 2.24) is 9.34 Å². The maximum Gasteiger partial charge on any atom is 0.0741 e. The summed E-state index contributed by atoms with van der Waals surface area (Å²) in [5, 5.41) is 0. The minimum absolute atomic E-state index is 0.00231. The van der Waals surface area contributed by atoms with Crippen LogP contribution in [-0.2, 0) is 0 Å². The molecule has 0 radical (unpaired) electrons. The number of hydrogen-bond donors (Lipinski definition) is 0. The van der Waals surface area contributed by atoms with Gasteiger partial charge in [0.25, 0.3) is 0 Å². The highest BCUT2D eigenvalue weighted by Gasteiger charge is 2.58. The molecule has 2 nitrogen and oxygen atoms in total. The summed E-state index contributed by atoms with van der Waals surface area (Å²) in [6.45, 7) is 14.5. The highest BCUT2D eigenvalue weighted by molar-refractivity contribution is 7.65. The van der Waals surface area contributed by atoms with Crippen molar-refractivity contribution >= 4 is 36.0 Å². The van der Waals surface area contributed by atoms with Crippen molar-refractivity contribution in [1.29, 1.82) is 0 Å². The zero-order chi connectivity index (χ0) is 14.2. The Morgan fingerprint density at radius 3 is 1.06 bits per heavy atom. The van der Waals surface area contributed by atoms with Gasteiger partial charge in [-0.3, -0.25) is 9.34 Å². The minimum atomic E-state index is -1.46. The summed E-state index contributed by atoms with van der Waals surface area (Å²) < 4.78 is 4.69. The van der Waals surface area contributed by atoms with Crippen LogP contribution in [0.1, 0.15) is 0 Å². The maximum atomic E-state index is 7.32. The minimum Gasteiger partial charge on any atom is -0.275 e. The zero-order valence-corrected chi connectivity index (χ0v) is 16.9. The first-order valence-corrected chi connectivity index (χ1v) is 14.7. The average molecular weight is 313 g/mol. The van der Waals surface area contributed by atoms with Crippen LogP contribution < -0.4 is 0 Å². The van der Waals surface area contributed by atoms with Crippen LogP contribution in [-0.4, -0.2) is 57.5 Å². The number of halogens is 1. The van der Waals surface area contributed by atoms with Gasteiger partial charge in [0.2, 0.25) is 0 Å². The molecule has 0 heterocycles. The van der Waals surface area contributed by atoms with E-state index in [2.05, 4.69) is 76.8 Å². The van der Waals surface area contributed by atoms with Gasteiger partial charge < -0.3 is 0 Å². The molecule has 104 valence electrons. The molecule has 0 aliphatic heterocycles. The van der Waals surface area contributed by atoms with Gasteiger partial charge in [0.1, 0.15) is 0 Å². The molecule has 0 rings (SSSR count). The van der Waals surface area contributed by atoms with Crippen LogP contribution in [0, 0.1) is 0 Å². The molecule has 0 bridgehead atoms. The molecule has 0 spiro atoms. The summed E-state index contributed by atoms with van der Waals surface area (Å²) in [5.74, 6) is 0. The Bertz CT molecular complexity index is 237. The molecule has 0 fully saturated rings. The Kier molecular flexibility index (Phi) is 5.95. The van der Waals surface area contributed by atoms with E-state index in [0.717, 1.165) is 0 Å². The monoisotopic (exact) mass is 312 g/mol. The van der Waals surface area contributed by atoms with Crippen molar-refractivity contribution in [3.63, 3.8) is 0 Å². The van der Waals surface area contributed by atoms with Crippen LogP contribution in [0.15, 0.2) is 0 Å². The zero-order valence-electron chi connectivity index (χ0n) is 13.2. The summed E-state index contributed by atoms with van der Waals surface area (Å²) in [7, 11) is 5.31. The van der Waals surface area contributed by atoms with Crippen LogP contribution in [0.4, 0.5) is 0 Å². The number of rotatable bonds is 5. The van der Waals surface area contributed by atoms with Crippen molar-refractivity contribution < 1.29 is 0 Å². The lowest BCUT2D eigenvalue weighted by atomic mass is 11.3. The van der Waals surface area contributed by atoms with Gasteiger partial charge in [-0.2, -0.15) is 0 Å². The van der Waals surface area contributed by atoms with Gasteiger partial charge in [-0.1, -0.05) is 39.3 Å². The molecule has 0 aliphatic carbocycles. The molecule has 0 aromatic heterocycles. The van der Waals surface area contributed by atoms with E-state index < -0.39 is 24.4 Å². The largest absolute Gasteiger partial charge is 0.275 e. The summed E-state index contributed by atoms with van der Waals surface area (Å²) in [6, 6.07) is 0. The lowest BCUT2D eigenvalue weighted by molar-refractivity contribution is 0.570. The third-order valence-corrected chi connectivity index (χ3v) is 22.6. The second-order valence-corrected chi connectivity index (χ2v) is 23.3. The van der Waals surface area contributed by atoms with Crippen LogP contribution in [0.5, 0.6) is 0 Å². The van der Waals surface area contributed by atoms with Gasteiger partial charge in [-0.15, -0.1) is 11.6 Å². The molecule has 0 aromatic rings. The number of nitrogens with zero attached hydrogens (tertiary/aromatic N) is 2. The van der Waals surface area contributed by atoms with Crippen LogP contribution in [0.3, 0.4) is 0 Å². The van der Waals surface area contributed by atoms with Crippen molar-refractivity contribution in [3.05, 3.63) is 0 Å². The summed E-state index contributed by atoms with van der Waals surface area (Å²) in [6.07, 6.45) is 0. The Morgan fingerprint density at radius 2 is 1.00 bits per heavy atom. The SMILES string of the molecule is CN(C)P(N(C)C)C(Cl)([Si](C)(C)C)[Si](C)(C)C. The fraction of sp³-hybridized carbons (Fsp3) is 1.00. The topological polar surface area (TPSA) is 6.48 Å². The van der Waals surface area contributed by atoms with Crippen molar-refractivity contribution in [2.24, 2.45) is 0 Å². The van der Waals surface area contributed by atoms with Crippen LogP contribution in [0.2, 0.25) is 39.3 Å². The fourth-order valence-corrected chi connectivity index (χ4v) is 21.6. The van der Waals surface area contributed by atoms with E-state index in [0.29, 0.717) is 0 Å². The van der Waals surface area contributed by atoms with Gasteiger partial charge in [0.05, 0.1) is 28.2 Å². The van der Waals surface area contributed by atoms with Gasteiger partial charge in [0, 0.05) is 0 Å². The van der Waals surface area contributed by atoms with Gasteiger partial charge >= 0.3 is 0 Å². The number of hydrogen-bond acceptors (Lipinski definition) is 2. The molecule has 0 saturated carbocycles. The normalized spacial score (nSPS) is 15.2. The molecular weight excluding hydrogens is 283 g/mol. The lowest BCUT2D eigenvalue weighted by Crippen LogP contribution is -2.63. The third kappa shape index (κ3) is 3.55. The van der Waals surface area contributed by atoms with E-state index in [-0.39, 0.29) is 3.86 Å². The van der Waals surface area contributed by atoms with Crippen LogP contribution in [0.25, 0.3) is 0 Å². The van der Waals surface area contributed by atoms with E-state index in [1.807, 2.05) is 0 Å². The number of alkyl halides is 1. The Morgan fingerprint density at radius 1 is 0.765 bits per heavy atom. The lowest BCUT2D eigenvalue weighted by Gasteiger charge is -2.55. The second kappa shape index (κ2) is 5.60. The van der Waals surface area contributed by atoms with Crippen molar-refractivity contribution in [2.45, 2.75) is 43.1 Å². The summed E-state index contributed by atoms with van der Waals surface area (Å²) in [4.78, 5) is 0. The molecule has 0 aliphatic rings. The molecule has 0 amide bonds. The summed E-state index contributed by atoms with van der Waals surface area (Å²) >= 11 is 7.32. The van der Waals surface area contributed by atoms with E-state index in [1.54, 1.807) is 0 Å². The highest BCUT2D eigenvalue weighted by Crippen LogP contribution is 2.63. The fourth-order valence-electron chi connectivity index (χ4n) is 2.63. The molecule has 0 N–H and O–H groups in total. The predicted molar refractivity (Wildman–Crippen MR) is 89.6 cm³/mol. The van der Waals surface area contributed by atoms with E-state index >= 15 is 0 Å². The standard InChI is InChI=1S/C11H30ClN2PSi2/c1-13(2)15(14(3)4)11(12,16(5,6)7)17(8,9)10/h1-10H3. The van der Waals surface area contributed by atoms with E-state index in [4.69, 9.17) is 11.6 Å². The Labute approximate surface area is 117 Å². The van der Waals surface area contributed by atoms with Gasteiger partial charge in [-0.25, -0.2) is 0 Å². The van der Waals surface area contributed by atoms with Crippen molar-refractivity contribution in [3.8, 4) is 0 Å². The predicted octanol–water partition coefficient (Wildman–Crippen LogP) is 4.11. The smallest absolute Gasteiger partial charge is 0.0741 e.